The third kappa shape index (κ3) is 5.19. The number of likely N-dealkylation sites (N-methyl/N-ethyl adjacent to an activating group) is 1. The van der Waals surface area contributed by atoms with Gasteiger partial charge in [0.2, 0.25) is 0 Å². The summed E-state index contributed by atoms with van der Waals surface area (Å²) in [5.74, 6) is -0.170. The fourth-order valence-corrected chi connectivity index (χ4v) is 2.58. The number of nitrogens with zero attached hydrogens (tertiary/aromatic N) is 1. The number of nitrogens with two attached hydrogens (primary N) is 1. The van der Waals surface area contributed by atoms with Crippen LogP contribution in [-0.4, -0.2) is 51.0 Å². The average molecular weight is 302 g/mol. The lowest BCUT2D eigenvalue weighted by atomic mass is 9.91. The molecule has 1 unspecified atom stereocenters. The minimum absolute atomic E-state index is 0.0997. The van der Waals surface area contributed by atoms with Crippen molar-refractivity contribution in [1.82, 2.24) is 4.90 Å². The molecule has 114 valence electrons. The summed E-state index contributed by atoms with van der Waals surface area (Å²) < 4.78 is 35.4. The molecule has 0 saturated carbocycles. The zero-order chi connectivity index (χ0) is 15.4. The van der Waals surface area contributed by atoms with E-state index in [4.69, 9.17) is 5.73 Å². The molecular weight excluding hydrogens is 279 g/mol. The molecule has 6 heteroatoms. The summed E-state index contributed by atoms with van der Waals surface area (Å²) in [6, 6.07) is 6.30. The van der Waals surface area contributed by atoms with Gasteiger partial charge < -0.3 is 5.73 Å². The highest BCUT2D eigenvalue weighted by Gasteiger charge is 2.28. The summed E-state index contributed by atoms with van der Waals surface area (Å²) >= 11 is 0. The number of hydrogen-bond acceptors (Lipinski definition) is 4. The van der Waals surface area contributed by atoms with E-state index >= 15 is 0 Å². The van der Waals surface area contributed by atoms with E-state index in [0.717, 1.165) is 5.56 Å². The fourth-order valence-electron chi connectivity index (χ4n) is 1.98. The van der Waals surface area contributed by atoms with Crippen molar-refractivity contribution in [2.45, 2.75) is 18.9 Å². The zero-order valence-electron chi connectivity index (χ0n) is 12.3. The normalized spacial score (nSPS) is 15.3. The number of sulfone groups is 1. The lowest BCUT2D eigenvalue weighted by Gasteiger charge is -2.38. The number of benzene rings is 1. The molecular formula is C14H23FN2O2S. The van der Waals surface area contributed by atoms with Gasteiger partial charge in [0.25, 0.3) is 0 Å². The van der Waals surface area contributed by atoms with Crippen molar-refractivity contribution in [3.63, 3.8) is 0 Å². The van der Waals surface area contributed by atoms with Gasteiger partial charge in [-0.2, -0.15) is 0 Å². The molecule has 0 spiro atoms. The Morgan fingerprint density at radius 2 is 1.85 bits per heavy atom. The molecule has 2 N–H and O–H groups in total. The van der Waals surface area contributed by atoms with E-state index in [1.165, 1.54) is 18.4 Å². The smallest absolute Gasteiger partial charge is 0.148 e. The first kappa shape index (κ1) is 17.1. The van der Waals surface area contributed by atoms with Crippen LogP contribution in [0.2, 0.25) is 0 Å². The van der Waals surface area contributed by atoms with Crippen molar-refractivity contribution in [2.24, 2.45) is 5.73 Å². The number of rotatable bonds is 7. The largest absolute Gasteiger partial charge is 0.329 e. The van der Waals surface area contributed by atoms with Crippen molar-refractivity contribution in [2.75, 3.05) is 32.1 Å². The average Bonchev–Trinajstić information content (AvgIpc) is 2.37. The molecule has 0 saturated heterocycles. The topological polar surface area (TPSA) is 63.4 Å². The van der Waals surface area contributed by atoms with Crippen molar-refractivity contribution < 1.29 is 12.8 Å². The first-order valence-corrected chi connectivity index (χ1v) is 8.56. The van der Waals surface area contributed by atoms with E-state index in [2.05, 4.69) is 0 Å². The molecule has 0 aromatic heterocycles. The van der Waals surface area contributed by atoms with Crippen molar-refractivity contribution in [1.29, 1.82) is 0 Å². The molecule has 0 heterocycles. The van der Waals surface area contributed by atoms with E-state index < -0.39 is 9.84 Å². The zero-order valence-corrected chi connectivity index (χ0v) is 13.1. The van der Waals surface area contributed by atoms with Crippen LogP contribution in [0.4, 0.5) is 4.39 Å². The summed E-state index contributed by atoms with van der Waals surface area (Å²) in [7, 11) is -1.14. The Kier molecular flexibility index (Phi) is 5.68. The Hall–Kier alpha value is -0.980. The quantitative estimate of drug-likeness (QED) is 0.818. The Morgan fingerprint density at radius 1 is 1.30 bits per heavy atom. The molecule has 0 fully saturated rings. The second-order valence-electron chi connectivity index (χ2n) is 5.56. The van der Waals surface area contributed by atoms with Gasteiger partial charge in [0.1, 0.15) is 15.7 Å². The Balaban J connectivity index is 2.77. The molecule has 0 radical (unpaired) electrons. The monoisotopic (exact) mass is 302 g/mol. The minimum Gasteiger partial charge on any atom is -0.329 e. The Bertz CT molecular complexity index is 531. The summed E-state index contributed by atoms with van der Waals surface area (Å²) in [6.07, 6.45) is 1.87. The number of halogens is 1. The van der Waals surface area contributed by atoms with Gasteiger partial charge in [0, 0.05) is 24.9 Å². The molecule has 1 aromatic rings. The van der Waals surface area contributed by atoms with E-state index in [-0.39, 0.29) is 17.1 Å². The minimum atomic E-state index is -3.00. The van der Waals surface area contributed by atoms with E-state index in [1.54, 1.807) is 12.1 Å². The summed E-state index contributed by atoms with van der Waals surface area (Å²) in [5.41, 5.74) is 6.48. The number of hydrogen-bond donors (Lipinski definition) is 1. The Morgan fingerprint density at radius 3 is 2.30 bits per heavy atom. The standard InChI is InChI=1S/C14H23FN2O2S/c1-14(11-16,17(2)8-9-20(3,18)19)10-12-4-6-13(15)7-5-12/h4-7H,8-11,16H2,1-3H3. The van der Waals surface area contributed by atoms with Crippen molar-refractivity contribution in [3.05, 3.63) is 35.6 Å². The second kappa shape index (κ2) is 6.65. The summed E-state index contributed by atoms with van der Waals surface area (Å²) in [4.78, 5) is 1.96. The third-order valence-electron chi connectivity index (χ3n) is 3.66. The fraction of sp³-hybridized carbons (Fsp3) is 0.571. The molecule has 0 aliphatic heterocycles. The highest BCUT2D eigenvalue weighted by atomic mass is 32.2. The van der Waals surface area contributed by atoms with Gasteiger partial charge in [-0.25, -0.2) is 12.8 Å². The van der Waals surface area contributed by atoms with Crippen LogP contribution >= 0.6 is 0 Å². The predicted molar refractivity (Wildman–Crippen MR) is 79.9 cm³/mol. The maximum absolute atomic E-state index is 12.9. The first-order chi connectivity index (χ1) is 9.16. The first-order valence-electron chi connectivity index (χ1n) is 6.50. The second-order valence-corrected chi connectivity index (χ2v) is 7.82. The van der Waals surface area contributed by atoms with Gasteiger partial charge >= 0.3 is 0 Å². The SMILES string of the molecule is CN(CCS(C)(=O)=O)C(C)(CN)Cc1ccc(F)cc1. The summed E-state index contributed by atoms with van der Waals surface area (Å²) in [5, 5.41) is 0. The molecule has 0 amide bonds. The maximum Gasteiger partial charge on any atom is 0.148 e. The van der Waals surface area contributed by atoms with Crippen LogP contribution in [0.15, 0.2) is 24.3 Å². The van der Waals surface area contributed by atoms with Crippen molar-refractivity contribution >= 4 is 9.84 Å². The molecule has 0 bridgehead atoms. The van der Waals surface area contributed by atoms with E-state index in [9.17, 15) is 12.8 Å². The molecule has 1 atom stereocenters. The molecule has 0 aliphatic carbocycles. The van der Waals surface area contributed by atoms with Gasteiger partial charge in [0.15, 0.2) is 0 Å². The van der Waals surface area contributed by atoms with Gasteiger partial charge in [0.05, 0.1) is 5.75 Å². The highest BCUT2D eigenvalue weighted by Crippen LogP contribution is 2.19. The van der Waals surface area contributed by atoms with Crippen LogP contribution in [0, 0.1) is 5.82 Å². The lowest BCUT2D eigenvalue weighted by molar-refractivity contribution is 0.153. The summed E-state index contributed by atoms with van der Waals surface area (Å²) in [6.45, 7) is 2.80. The third-order valence-corrected chi connectivity index (χ3v) is 4.58. The highest BCUT2D eigenvalue weighted by molar-refractivity contribution is 7.90. The van der Waals surface area contributed by atoms with Gasteiger partial charge in [-0.1, -0.05) is 12.1 Å². The van der Waals surface area contributed by atoms with Gasteiger partial charge in [-0.05, 0) is 38.1 Å². The van der Waals surface area contributed by atoms with Crippen LogP contribution in [0.25, 0.3) is 0 Å². The lowest BCUT2D eigenvalue weighted by Crippen LogP contribution is -2.52. The van der Waals surface area contributed by atoms with Crippen LogP contribution in [0.3, 0.4) is 0 Å². The van der Waals surface area contributed by atoms with Crippen LogP contribution in [-0.2, 0) is 16.3 Å². The molecule has 20 heavy (non-hydrogen) atoms. The van der Waals surface area contributed by atoms with E-state index in [1.807, 2.05) is 18.9 Å². The molecule has 1 rings (SSSR count). The predicted octanol–water partition coefficient (Wildman–Crippen LogP) is 1.06. The Labute approximate surface area is 120 Å². The van der Waals surface area contributed by atoms with Crippen LogP contribution < -0.4 is 5.73 Å². The maximum atomic E-state index is 12.9. The molecule has 4 nitrogen and oxygen atoms in total. The molecule has 1 aromatic carbocycles. The molecule has 0 aliphatic rings. The van der Waals surface area contributed by atoms with Gasteiger partial charge in [-0.15, -0.1) is 0 Å². The van der Waals surface area contributed by atoms with Crippen molar-refractivity contribution in [3.8, 4) is 0 Å². The van der Waals surface area contributed by atoms with Gasteiger partial charge in [-0.3, -0.25) is 4.90 Å². The van der Waals surface area contributed by atoms with E-state index in [0.29, 0.717) is 19.5 Å². The van der Waals surface area contributed by atoms with Crippen LogP contribution in [0.5, 0.6) is 0 Å². The van der Waals surface area contributed by atoms with Crippen LogP contribution in [0.1, 0.15) is 12.5 Å².